The van der Waals surface area contributed by atoms with Crippen LogP contribution in [0.4, 0.5) is 0 Å². The molecule has 0 aliphatic heterocycles. The van der Waals surface area contributed by atoms with Crippen LogP contribution in [0.25, 0.3) is 16.7 Å². The Morgan fingerprint density at radius 2 is 1.74 bits per heavy atom. The van der Waals surface area contributed by atoms with Gasteiger partial charge in [0.15, 0.2) is 0 Å². The van der Waals surface area contributed by atoms with Crippen LogP contribution in [-0.4, -0.2) is 0 Å². The lowest BCUT2D eigenvalue weighted by molar-refractivity contribution is 0.945. The van der Waals surface area contributed by atoms with Crippen molar-refractivity contribution in [3.8, 4) is 11.1 Å². The molecule has 0 heterocycles. The topological polar surface area (TPSA) is 0 Å². The zero-order valence-electron chi connectivity index (χ0n) is 14.2. The fourth-order valence-electron chi connectivity index (χ4n) is 3.31. The third kappa shape index (κ3) is 3.37. The van der Waals surface area contributed by atoms with Crippen LogP contribution < -0.4 is 0 Å². The Balaban J connectivity index is 2.11. The first-order valence-electron chi connectivity index (χ1n) is 8.45. The van der Waals surface area contributed by atoms with Crippen molar-refractivity contribution >= 4 is 5.57 Å². The molecule has 0 fully saturated rings. The minimum Gasteiger partial charge on any atom is -0.0779 e. The van der Waals surface area contributed by atoms with Crippen LogP contribution in [0.2, 0.25) is 0 Å². The third-order valence-corrected chi connectivity index (χ3v) is 4.44. The average Bonchev–Trinajstić information content (AvgIpc) is 2.79. The van der Waals surface area contributed by atoms with E-state index in [1.165, 1.54) is 33.4 Å². The molecule has 2 aromatic rings. The third-order valence-electron chi connectivity index (χ3n) is 4.44. The van der Waals surface area contributed by atoms with Gasteiger partial charge >= 0.3 is 0 Å². The molecule has 0 radical (unpaired) electrons. The van der Waals surface area contributed by atoms with E-state index in [1.54, 1.807) is 0 Å². The first kappa shape index (κ1) is 15.6. The van der Waals surface area contributed by atoms with Gasteiger partial charge < -0.3 is 0 Å². The summed E-state index contributed by atoms with van der Waals surface area (Å²) >= 11 is 0. The van der Waals surface area contributed by atoms with Crippen LogP contribution in [-0.2, 0) is 6.42 Å². The highest BCUT2D eigenvalue weighted by Gasteiger charge is 2.11. The van der Waals surface area contributed by atoms with E-state index in [4.69, 9.17) is 0 Å². The molecule has 116 valence electrons. The molecule has 23 heavy (non-hydrogen) atoms. The summed E-state index contributed by atoms with van der Waals surface area (Å²) in [7, 11) is 0. The summed E-state index contributed by atoms with van der Waals surface area (Å²) in [5, 5.41) is 0. The molecule has 0 spiro atoms. The molecule has 1 unspecified atom stereocenters. The van der Waals surface area contributed by atoms with E-state index in [2.05, 4.69) is 93.6 Å². The van der Waals surface area contributed by atoms with Gasteiger partial charge in [-0.15, -0.1) is 0 Å². The van der Waals surface area contributed by atoms with E-state index in [0.717, 1.165) is 6.42 Å². The van der Waals surface area contributed by atoms with Gasteiger partial charge in [-0.2, -0.15) is 0 Å². The second kappa shape index (κ2) is 6.83. The van der Waals surface area contributed by atoms with Crippen LogP contribution in [0, 0.1) is 12.8 Å². The zero-order valence-corrected chi connectivity index (χ0v) is 14.2. The van der Waals surface area contributed by atoms with Crippen molar-refractivity contribution < 1.29 is 0 Å². The molecule has 3 rings (SSSR count). The highest BCUT2D eigenvalue weighted by molar-refractivity contribution is 5.80. The quantitative estimate of drug-likeness (QED) is 0.618. The van der Waals surface area contributed by atoms with Gasteiger partial charge in [-0.05, 0) is 52.7 Å². The SMILES string of the molecule is CCc1cc(C2=CC(C)C=CC=C2)cc(C)c1-c1ccccc1. The Kier molecular flexibility index (Phi) is 4.62. The maximum absolute atomic E-state index is 2.36. The highest BCUT2D eigenvalue weighted by Crippen LogP contribution is 2.32. The Labute approximate surface area is 139 Å². The van der Waals surface area contributed by atoms with Crippen molar-refractivity contribution in [2.45, 2.75) is 27.2 Å². The summed E-state index contributed by atoms with van der Waals surface area (Å²) < 4.78 is 0. The smallest absolute Gasteiger partial charge is 0.00696 e. The van der Waals surface area contributed by atoms with Crippen molar-refractivity contribution in [2.75, 3.05) is 0 Å². The molecule has 1 aliphatic carbocycles. The normalized spacial score (nSPS) is 17.0. The van der Waals surface area contributed by atoms with Crippen LogP contribution in [0.5, 0.6) is 0 Å². The van der Waals surface area contributed by atoms with Gasteiger partial charge in [-0.1, -0.05) is 86.7 Å². The number of rotatable bonds is 3. The van der Waals surface area contributed by atoms with Crippen molar-refractivity contribution in [2.24, 2.45) is 5.92 Å². The molecule has 0 N–H and O–H groups in total. The lowest BCUT2D eigenvalue weighted by Crippen LogP contribution is -1.96. The predicted molar refractivity (Wildman–Crippen MR) is 101 cm³/mol. The van der Waals surface area contributed by atoms with Gasteiger partial charge in [0, 0.05) is 0 Å². The van der Waals surface area contributed by atoms with Gasteiger partial charge in [-0.25, -0.2) is 0 Å². The average molecular weight is 300 g/mol. The molecule has 0 amide bonds. The Morgan fingerprint density at radius 1 is 0.957 bits per heavy atom. The lowest BCUT2D eigenvalue weighted by atomic mass is 9.89. The molecule has 1 aliphatic rings. The molecule has 0 saturated heterocycles. The highest BCUT2D eigenvalue weighted by atomic mass is 14.2. The van der Waals surface area contributed by atoms with E-state index in [1.807, 2.05) is 0 Å². The lowest BCUT2D eigenvalue weighted by Gasteiger charge is -2.16. The standard InChI is InChI=1S/C23H24/c1-4-19-16-22(21-13-9-8-10-17(2)14-21)15-18(3)23(19)20-11-6-5-7-12-20/h5-17H,4H2,1-3H3. The molecule has 2 aromatic carbocycles. The van der Waals surface area contributed by atoms with Crippen molar-refractivity contribution in [3.63, 3.8) is 0 Å². The summed E-state index contributed by atoms with van der Waals surface area (Å²) in [5.41, 5.74) is 8.12. The fourth-order valence-corrected chi connectivity index (χ4v) is 3.31. The van der Waals surface area contributed by atoms with Crippen LogP contribution in [0.1, 0.15) is 30.5 Å². The molecular formula is C23H24. The zero-order chi connectivity index (χ0) is 16.2. The minimum atomic E-state index is 0.471. The maximum Gasteiger partial charge on any atom is -0.00696 e. The summed E-state index contributed by atoms with van der Waals surface area (Å²) in [5.74, 6) is 0.471. The Morgan fingerprint density at radius 3 is 2.48 bits per heavy atom. The Bertz CT molecular complexity index is 773. The predicted octanol–water partition coefficient (Wildman–Crippen LogP) is 6.37. The first-order valence-corrected chi connectivity index (χ1v) is 8.45. The van der Waals surface area contributed by atoms with E-state index in [9.17, 15) is 0 Å². The van der Waals surface area contributed by atoms with Crippen molar-refractivity contribution in [3.05, 3.63) is 89.5 Å². The van der Waals surface area contributed by atoms with Gasteiger partial charge in [-0.3, -0.25) is 0 Å². The molecule has 0 aromatic heterocycles. The summed E-state index contributed by atoms with van der Waals surface area (Å²) in [6, 6.07) is 15.4. The summed E-state index contributed by atoms with van der Waals surface area (Å²) in [4.78, 5) is 0. The van der Waals surface area contributed by atoms with Gasteiger partial charge in [0.1, 0.15) is 0 Å². The van der Waals surface area contributed by atoms with Crippen LogP contribution >= 0.6 is 0 Å². The second-order valence-electron chi connectivity index (χ2n) is 6.27. The number of allylic oxidation sites excluding steroid dienone is 6. The minimum absolute atomic E-state index is 0.471. The van der Waals surface area contributed by atoms with Crippen LogP contribution in [0.3, 0.4) is 0 Å². The second-order valence-corrected chi connectivity index (χ2v) is 6.27. The number of hydrogen-bond donors (Lipinski definition) is 0. The summed E-state index contributed by atoms with van der Waals surface area (Å²) in [6.07, 6.45) is 12.1. The molecule has 0 bridgehead atoms. The molecule has 0 heteroatoms. The molecule has 0 saturated carbocycles. The maximum atomic E-state index is 2.36. The number of hydrogen-bond acceptors (Lipinski definition) is 0. The Hall–Kier alpha value is -2.34. The van der Waals surface area contributed by atoms with Gasteiger partial charge in [0.2, 0.25) is 0 Å². The number of aryl methyl sites for hydroxylation is 2. The fraction of sp³-hybridized carbons (Fsp3) is 0.217. The first-order chi connectivity index (χ1) is 11.2. The van der Waals surface area contributed by atoms with Crippen LogP contribution in [0.15, 0.2) is 72.8 Å². The summed E-state index contributed by atoms with van der Waals surface area (Å²) in [6.45, 7) is 6.70. The molecular weight excluding hydrogens is 276 g/mol. The monoisotopic (exact) mass is 300 g/mol. The van der Waals surface area contributed by atoms with Crippen molar-refractivity contribution in [1.82, 2.24) is 0 Å². The van der Waals surface area contributed by atoms with Crippen molar-refractivity contribution in [1.29, 1.82) is 0 Å². The van der Waals surface area contributed by atoms with Gasteiger partial charge in [0.25, 0.3) is 0 Å². The van der Waals surface area contributed by atoms with E-state index in [0.29, 0.717) is 5.92 Å². The largest absolute Gasteiger partial charge is 0.0779 e. The number of benzene rings is 2. The molecule has 1 atom stereocenters. The van der Waals surface area contributed by atoms with E-state index >= 15 is 0 Å². The molecule has 0 nitrogen and oxygen atoms in total. The van der Waals surface area contributed by atoms with E-state index in [-0.39, 0.29) is 0 Å². The van der Waals surface area contributed by atoms with Gasteiger partial charge in [0.05, 0.1) is 0 Å². The van der Waals surface area contributed by atoms with E-state index < -0.39 is 0 Å².